The quantitative estimate of drug-likeness (QED) is 0.710. The van der Waals surface area contributed by atoms with Crippen LogP contribution in [0.1, 0.15) is 30.0 Å². The van der Waals surface area contributed by atoms with Gasteiger partial charge in [-0.25, -0.2) is 9.97 Å². The molecule has 0 spiro atoms. The van der Waals surface area contributed by atoms with Crippen LogP contribution < -0.4 is 9.47 Å². The van der Waals surface area contributed by atoms with E-state index in [-0.39, 0.29) is 18.1 Å². The van der Waals surface area contributed by atoms with Gasteiger partial charge in [0.2, 0.25) is 5.78 Å². The van der Waals surface area contributed by atoms with E-state index >= 15 is 0 Å². The Morgan fingerprint density at radius 1 is 1.30 bits per heavy atom. The second-order valence-electron chi connectivity index (χ2n) is 6.88. The largest absolute Gasteiger partial charge is 0.486 e. The summed E-state index contributed by atoms with van der Waals surface area (Å²) in [4.78, 5) is 23.8. The van der Waals surface area contributed by atoms with Crippen LogP contribution in [0.15, 0.2) is 42.7 Å². The summed E-state index contributed by atoms with van der Waals surface area (Å²) in [6, 6.07) is 9.37. The molecule has 7 nitrogen and oxygen atoms in total. The number of aromatic nitrogens is 3. The number of para-hydroxylation sites is 2. The highest BCUT2D eigenvalue weighted by molar-refractivity contribution is 5.94. The first-order valence-corrected chi connectivity index (χ1v) is 9.03. The van der Waals surface area contributed by atoms with Gasteiger partial charge >= 0.3 is 0 Å². The minimum absolute atomic E-state index is 0.000100. The number of benzene rings is 1. The first-order chi connectivity index (χ1) is 13.0. The van der Waals surface area contributed by atoms with Gasteiger partial charge in [-0.2, -0.15) is 0 Å². The van der Waals surface area contributed by atoms with Gasteiger partial charge in [0.05, 0.1) is 12.2 Å². The maximum absolute atomic E-state index is 13.3. The zero-order valence-electron chi connectivity index (χ0n) is 15.6. The summed E-state index contributed by atoms with van der Waals surface area (Å²) in [5.41, 5.74) is 1.19. The van der Waals surface area contributed by atoms with Crippen molar-refractivity contribution in [3.8, 4) is 11.5 Å². The van der Waals surface area contributed by atoms with Gasteiger partial charge < -0.3 is 14.4 Å². The third-order valence-corrected chi connectivity index (χ3v) is 4.63. The van der Waals surface area contributed by atoms with Crippen LogP contribution in [0, 0.1) is 6.92 Å². The smallest absolute Gasteiger partial charge is 0.273 e. The molecule has 1 aliphatic rings. The van der Waals surface area contributed by atoms with Crippen molar-refractivity contribution >= 4 is 11.7 Å². The third-order valence-electron chi connectivity index (χ3n) is 4.63. The van der Waals surface area contributed by atoms with Crippen molar-refractivity contribution in [1.29, 1.82) is 0 Å². The maximum atomic E-state index is 13.3. The molecule has 2 aromatic heterocycles. The monoisotopic (exact) mass is 366 g/mol. The highest BCUT2D eigenvalue weighted by Gasteiger charge is 2.30. The molecule has 3 heterocycles. The van der Waals surface area contributed by atoms with Crippen molar-refractivity contribution in [3.05, 3.63) is 54.1 Å². The van der Waals surface area contributed by atoms with Crippen molar-refractivity contribution in [1.82, 2.24) is 19.3 Å². The van der Waals surface area contributed by atoms with Crippen LogP contribution >= 0.6 is 0 Å². The Kier molecular flexibility index (Phi) is 4.43. The SMILES string of the molecule is Cc1nc2ncccn2c1C(=O)N(C[C@@H]1COc2ccccc2O1)C(C)C. The van der Waals surface area contributed by atoms with Gasteiger partial charge in [-0.1, -0.05) is 12.1 Å². The Morgan fingerprint density at radius 2 is 2.07 bits per heavy atom. The summed E-state index contributed by atoms with van der Waals surface area (Å²) in [5, 5.41) is 0. The summed E-state index contributed by atoms with van der Waals surface area (Å²) < 4.78 is 13.6. The standard InChI is InChI=1S/C20H22N4O3/c1-13(2)24(11-15-12-26-16-7-4-5-8-17(16)27-15)19(25)18-14(3)22-20-21-9-6-10-23(18)20/h4-10,13,15H,11-12H2,1-3H3/t15-/m1/s1. The van der Waals surface area contributed by atoms with Crippen molar-refractivity contribution in [2.45, 2.75) is 32.9 Å². The number of nitrogens with zero attached hydrogens (tertiary/aromatic N) is 4. The molecule has 1 atom stereocenters. The Morgan fingerprint density at radius 3 is 2.85 bits per heavy atom. The predicted octanol–water partition coefficient (Wildman–Crippen LogP) is 2.73. The molecule has 0 radical (unpaired) electrons. The van der Waals surface area contributed by atoms with E-state index in [1.807, 2.05) is 51.2 Å². The Bertz CT molecular complexity index is 982. The zero-order chi connectivity index (χ0) is 19.0. The molecule has 0 saturated heterocycles. The molecule has 0 aliphatic carbocycles. The van der Waals surface area contributed by atoms with E-state index in [1.165, 1.54) is 0 Å². The fourth-order valence-corrected chi connectivity index (χ4v) is 3.29. The lowest BCUT2D eigenvalue weighted by molar-refractivity contribution is 0.0388. The molecule has 1 aromatic carbocycles. The summed E-state index contributed by atoms with van der Waals surface area (Å²) in [6.45, 7) is 6.65. The fourth-order valence-electron chi connectivity index (χ4n) is 3.29. The molecule has 1 aliphatic heterocycles. The summed E-state index contributed by atoms with van der Waals surface area (Å²) in [7, 11) is 0. The van der Waals surface area contributed by atoms with E-state index in [1.54, 1.807) is 21.6 Å². The van der Waals surface area contributed by atoms with Crippen molar-refractivity contribution in [2.24, 2.45) is 0 Å². The van der Waals surface area contributed by atoms with E-state index in [4.69, 9.17) is 9.47 Å². The first-order valence-electron chi connectivity index (χ1n) is 9.03. The Labute approximate surface area is 157 Å². The molecule has 0 bridgehead atoms. The van der Waals surface area contributed by atoms with Crippen molar-refractivity contribution in [3.63, 3.8) is 0 Å². The van der Waals surface area contributed by atoms with Gasteiger partial charge in [-0.05, 0) is 39.0 Å². The number of amides is 1. The number of imidazole rings is 1. The Balaban J connectivity index is 1.60. The van der Waals surface area contributed by atoms with Crippen LogP contribution in [-0.2, 0) is 0 Å². The molecule has 140 valence electrons. The molecule has 7 heteroatoms. The number of aryl methyl sites for hydroxylation is 1. The number of fused-ring (bicyclic) bond motifs is 2. The first kappa shape index (κ1) is 17.3. The minimum atomic E-state index is -0.233. The van der Waals surface area contributed by atoms with Crippen LogP contribution in [0.2, 0.25) is 0 Å². The summed E-state index contributed by atoms with van der Waals surface area (Å²) in [5.74, 6) is 1.87. The molecule has 1 amide bonds. The van der Waals surface area contributed by atoms with E-state index < -0.39 is 0 Å². The van der Waals surface area contributed by atoms with Gasteiger partial charge in [-0.3, -0.25) is 9.20 Å². The number of hydrogen-bond donors (Lipinski definition) is 0. The lowest BCUT2D eigenvalue weighted by Gasteiger charge is -2.33. The van der Waals surface area contributed by atoms with Gasteiger partial charge in [-0.15, -0.1) is 0 Å². The van der Waals surface area contributed by atoms with Crippen molar-refractivity contribution in [2.75, 3.05) is 13.2 Å². The minimum Gasteiger partial charge on any atom is -0.486 e. The average molecular weight is 366 g/mol. The molecule has 0 fully saturated rings. The molecule has 4 rings (SSSR count). The molecular weight excluding hydrogens is 344 g/mol. The van der Waals surface area contributed by atoms with Crippen LogP contribution in [0.4, 0.5) is 0 Å². The van der Waals surface area contributed by atoms with Crippen molar-refractivity contribution < 1.29 is 14.3 Å². The summed E-state index contributed by atoms with van der Waals surface area (Å²) in [6.07, 6.45) is 3.25. The van der Waals surface area contributed by atoms with Gasteiger partial charge in [0.25, 0.3) is 5.91 Å². The molecule has 3 aromatic rings. The topological polar surface area (TPSA) is 69.0 Å². The lowest BCUT2D eigenvalue weighted by Crippen LogP contribution is -2.47. The van der Waals surface area contributed by atoms with E-state index in [9.17, 15) is 4.79 Å². The number of hydrogen-bond acceptors (Lipinski definition) is 5. The van der Waals surface area contributed by atoms with Gasteiger partial charge in [0, 0.05) is 18.4 Å². The highest BCUT2D eigenvalue weighted by Crippen LogP contribution is 2.31. The van der Waals surface area contributed by atoms with Crippen LogP contribution in [0.25, 0.3) is 5.78 Å². The molecular formula is C20H22N4O3. The van der Waals surface area contributed by atoms with Crippen LogP contribution in [0.3, 0.4) is 0 Å². The molecule has 0 unspecified atom stereocenters. The number of ether oxygens (including phenoxy) is 2. The number of rotatable bonds is 4. The van der Waals surface area contributed by atoms with Gasteiger partial charge in [0.1, 0.15) is 12.3 Å². The maximum Gasteiger partial charge on any atom is 0.273 e. The van der Waals surface area contributed by atoms with Gasteiger partial charge in [0.15, 0.2) is 17.6 Å². The number of carbonyl (C=O) groups excluding carboxylic acids is 1. The third kappa shape index (κ3) is 3.20. The second-order valence-corrected chi connectivity index (χ2v) is 6.88. The predicted molar refractivity (Wildman–Crippen MR) is 100 cm³/mol. The molecule has 0 N–H and O–H groups in total. The van der Waals surface area contributed by atoms with Crippen LogP contribution in [0.5, 0.6) is 11.5 Å². The number of carbonyl (C=O) groups is 1. The lowest BCUT2D eigenvalue weighted by atomic mass is 10.2. The molecule has 0 saturated carbocycles. The molecule has 27 heavy (non-hydrogen) atoms. The second kappa shape index (κ2) is 6.90. The normalized spacial score (nSPS) is 15.9. The zero-order valence-corrected chi connectivity index (χ0v) is 15.6. The van der Waals surface area contributed by atoms with Crippen LogP contribution in [-0.4, -0.2) is 50.5 Å². The fraction of sp³-hybridized carbons (Fsp3) is 0.350. The van der Waals surface area contributed by atoms with E-state index in [0.717, 1.165) is 5.75 Å². The van der Waals surface area contributed by atoms with E-state index in [2.05, 4.69) is 9.97 Å². The average Bonchev–Trinajstić information content (AvgIpc) is 3.01. The highest BCUT2D eigenvalue weighted by atomic mass is 16.6. The summed E-state index contributed by atoms with van der Waals surface area (Å²) >= 11 is 0. The Hall–Kier alpha value is -3.09. The van der Waals surface area contributed by atoms with E-state index in [0.29, 0.717) is 36.1 Å².